The Morgan fingerprint density at radius 3 is 2.76 bits per heavy atom. The molecule has 1 aromatic heterocycles. The predicted molar refractivity (Wildman–Crippen MR) is 79.0 cm³/mol. The van der Waals surface area contributed by atoms with Gasteiger partial charge in [0.15, 0.2) is 11.5 Å². The van der Waals surface area contributed by atoms with Crippen molar-refractivity contribution in [1.29, 1.82) is 0 Å². The molecule has 0 spiro atoms. The maximum atomic E-state index is 5.35. The van der Waals surface area contributed by atoms with Crippen LogP contribution in [0.4, 0.5) is 0 Å². The standard InChI is InChI=1S/C15H9BrN2O3/c16-11-3-1-2-10(6-11)15-17-14(18-21-15)9-4-5-12-13(7-9)20-8-19-12/h1-7H,8H2. The highest BCUT2D eigenvalue weighted by molar-refractivity contribution is 9.10. The maximum absolute atomic E-state index is 5.35. The first-order chi connectivity index (χ1) is 10.3. The van der Waals surface area contributed by atoms with Gasteiger partial charge in [-0.1, -0.05) is 27.2 Å². The van der Waals surface area contributed by atoms with Gasteiger partial charge in [0, 0.05) is 15.6 Å². The van der Waals surface area contributed by atoms with Crippen LogP contribution in [0.15, 0.2) is 51.5 Å². The summed E-state index contributed by atoms with van der Waals surface area (Å²) >= 11 is 3.42. The third-order valence-electron chi connectivity index (χ3n) is 3.13. The molecule has 1 aliphatic rings. The van der Waals surface area contributed by atoms with Crippen molar-refractivity contribution in [1.82, 2.24) is 10.1 Å². The smallest absolute Gasteiger partial charge is 0.258 e. The minimum atomic E-state index is 0.244. The monoisotopic (exact) mass is 344 g/mol. The van der Waals surface area contributed by atoms with Crippen LogP contribution >= 0.6 is 15.9 Å². The van der Waals surface area contributed by atoms with Gasteiger partial charge >= 0.3 is 0 Å². The molecule has 0 saturated heterocycles. The predicted octanol–water partition coefficient (Wildman–Crippen LogP) is 3.89. The minimum Gasteiger partial charge on any atom is -0.454 e. The number of nitrogens with zero attached hydrogens (tertiary/aromatic N) is 2. The molecule has 0 unspecified atom stereocenters. The second-order valence-corrected chi connectivity index (χ2v) is 5.42. The Morgan fingerprint density at radius 1 is 0.952 bits per heavy atom. The highest BCUT2D eigenvalue weighted by atomic mass is 79.9. The van der Waals surface area contributed by atoms with Gasteiger partial charge in [0.05, 0.1) is 0 Å². The second-order valence-electron chi connectivity index (χ2n) is 4.50. The van der Waals surface area contributed by atoms with E-state index in [1.807, 2.05) is 42.5 Å². The summed E-state index contributed by atoms with van der Waals surface area (Å²) in [7, 11) is 0. The fourth-order valence-corrected chi connectivity index (χ4v) is 2.51. The topological polar surface area (TPSA) is 57.4 Å². The zero-order chi connectivity index (χ0) is 14.2. The van der Waals surface area contributed by atoms with Crippen molar-refractivity contribution in [2.75, 3.05) is 6.79 Å². The fourth-order valence-electron chi connectivity index (χ4n) is 2.12. The molecule has 2 aromatic carbocycles. The molecule has 2 heterocycles. The molecule has 21 heavy (non-hydrogen) atoms. The van der Waals surface area contributed by atoms with Gasteiger partial charge in [-0.25, -0.2) is 0 Å². The van der Waals surface area contributed by atoms with E-state index in [2.05, 4.69) is 26.1 Å². The molecule has 0 aliphatic carbocycles. The number of rotatable bonds is 2. The average molecular weight is 345 g/mol. The van der Waals surface area contributed by atoms with Crippen LogP contribution in [0, 0.1) is 0 Å². The molecule has 0 N–H and O–H groups in total. The van der Waals surface area contributed by atoms with Crippen molar-refractivity contribution in [3.63, 3.8) is 0 Å². The van der Waals surface area contributed by atoms with Crippen LogP contribution in [0.5, 0.6) is 11.5 Å². The van der Waals surface area contributed by atoms with Gasteiger partial charge in [-0.3, -0.25) is 0 Å². The van der Waals surface area contributed by atoms with Crippen molar-refractivity contribution < 1.29 is 14.0 Å². The lowest BCUT2D eigenvalue weighted by atomic mass is 10.2. The Bertz CT molecular complexity index is 816. The SMILES string of the molecule is Brc1cccc(-c2nc(-c3ccc4c(c3)OCO4)no2)c1. The molecule has 104 valence electrons. The number of halogens is 1. The largest absolute Gasteiger partial charge is 0.454 e. The molecule has 0 fully saturated rings. The first-order valence-corrected chi connectivity index (χ1v) is 7.08. The molecule has 3 aromatic rings. The van der Waals surface area contributed by atoms with Gasteiger partial charge < -0.3 is 14.0 Å². The summed E-state index contributed by atoms with van der Waals surface area (Å²) in [5.74, 6) is 2.42. The number of benzene rings is 2. The van der Waals surface area contributed by atoms with Gasteiger partial charge in [-0.2, -0.15) is 4.98 Å². The quantitative estimate of drug-likeness (QED) is 0.705. The first-order valence-electron chi connectivity index (χ1n) is 6.29. The molecule has 0 bridgehead atoms. The normalized spacial score (nSPS) is 12.6. The number of hydrogen-bond acceptors (Lipinski definition) is 5. The van der Waals surface area contributed by atoms with Crippen molar-refractivity contribution >= 4 is 15.9 Å². The van der Waals surface area contributed by atoms with Crippen LogP contribution in [-0.4, -0.2) is 16.9 Å². The number of ether oxygens (including phenoxy) is 2. The van der Waals surface area contributed by atoms with E-state index in [4.69, 9.17) is 14.0 Å². The van der Waals surface area contributed by atoms with Crippen LogP contribution in [0.25, 0.3) is 22.8 Å². The lowest BCUT2D eigenvalue weighted by Gasteiger charge is -1.97. The maximum Gasteiger partial charge on any atom is 0.258 e. The Hall–Kier alpha value is -2.34. The number of aromatic nitrogens is 2. The number of fused-ring (bicyclic) bond motifs is 1. The van der Waals surface area contributed by atoms with E-state index in [1.54, 1.807) is 0 Å². The van der Waals surface area contributed by atoms with E-state index in [0.29, 0.717) is 17.5 Å². The summed E-state index contributed by atoms with van der Waals surface area (Å²) in [6, 6.07) is 13.3. The van der Waals surface area contributed by atoms with Crippen LogP contribution in [0.2, 0.25) is 0 Å². The summed E-state index contributed by atoms with van der Waals surface area (Å²) in [5.41, 5.74) is 1.69. The van der Waals surface area contributed by atoms with Crippen LogP contribution < -0.4 is 9.47 Å². The summed E-state index contributed by atoms with van der Waals surface area (Å²) in [6.07, 6.45) is 0. The average Bonchev–Trinajstić information content (AvgIpc) is 3.15. The van der Waals surface area contributed by atoms with E-state index >= 15 is 0 Å². The van der Waals surface area contributed by atoms with E-state index < -0.39 is 0 Å². The van der Waals surface area contributed by atoms with Crippen LogP contribution in [0.3, 0.4) is 0 Å². The van der Waals surface area contributed by atoms with Gasteiger partial charge in [-0.05, 0) is 36.4 Å². The lowest BCUT2D eigenvalue weighted by molar-refractivity contribution is 0.174. The third kappa shape index (κ3) is 2.27. The summed E-state index contributed by atoms with van der Waals surface area (Å²) < 4.78 is 16.9. The zero-order valence-electron chi connectivity index (χ0n) is 10.7. The molecule has 4 rings (SSSR count). The second kappa shape index (κ2) is 4.89. The van der Waals surface area contributed by atoms with Crippen LogP contribution in [-0.2, 0) is 0 Å². The summed E-state index contributed by atoms with van der Waals surface area (Å²) in [5, 5.41) is 4.02. The molecule has 6 heteroatoms. The fraction of sp³-hybridized carbons (Fsp3) is 0.0667. The summed E-state index contributed by atoms with van der Waals surface area (Å²) in [4.78, 5) is 4.42. The summed E-state index contributed by atoms with van der Waals surface area (Å²) in [6.45, 7) is 0.244. The van der Waals surface area contributed by atoms with E-state index in [9.17, 15) is 0 Å². The molecule has 0 saturated carbocycles. The van der Waals surface area contributed by atoms with Gasteiger partial charge in [0.25, 0.3) is 5.89 Å². The number of hydrogen-bond donors (Lipinski definition) is 0. The third-order valence-corrected chi connectivity index (χ3v) is 3.62. The zero-order valence-corrected chi connectivity index (χ0v) is 12.3. The van der Waals surface area contributed by atoms with E-state index in [0.717, 1.165) is 21.3 Å². The van der Waals surface area contributed by atoms with E-state index in [1.165, 1.54) is 0 Å². The Labute approximate surface area is 128 Å². The van der Waals surface area contributed by atoms with Crippen LogP contribution in [0.1, 0.15) is 0 Å². The van der Waals surface area contributed by atoms with Crippen molar-refractivity contribution in [3.8, 4) is 34.3 Å². The van der Waals surface area contributed by atoms with Gasteiger partial charge in [0.2, 0.25) is 12.6 Å². The van der Waals surface area contributed by atoms with Crippen molar-refractivity contribution in [3.05, 3.63) is 46.9 Å². The Balaban J connectivity index is 1.71. The molecule has 0 atom stereocenters. The molecular formula is C15H9BrN2O3. The van der Waals surface area contributed by atoms with Crippen molar-refractivity contribution in [2.24, 2.45) is 0 Å². The molecule has 0 amide bonds. The first kappa shape index (κ1) is 12.4. The van der Waals surface area contributed by atoms with E-state index in [-0.39, 0.29) is 6.79 Å². The minimum absolute atomic E-state index is 0.244. The molecule has 0 radical (unpaired) electrons. The Morgan fingerprint density at radius 2 is 1.86 bits per heavy atom. The molecule has 5 nitrogen and oxygen atoms in total. The molecular weight excluding hydrogens is 336 g/mol. The van der Waals surface area contributed by atoms with Crippen molar-refractivity contribution in [2.45, 2.75) is 0 Å². The Kier molecular flexibility index (Phi) is 2.89. The highest BCUT2D eigenvalue weighted by Crippen LogP contribution is 2.35. The lowest BCUT2D eigenvalue weighted by Crippen LogP contribution is -1.92. The highest BCUT2D eigenvalue weighted by Gasteiger charge is 2.17. The van der Waals surface area contributed by atoms with Gasteiger partial charge in [-0.15, -0.1) is 0 Å². The van der Waals surface area contributed by atoms with Gasteiger partial charge in [0.1, 0.15) is 0 Å². The molecule has 1 aliphatic heterocycles.